The van der Waals surface area contributed by atoms with Crippen molar-refractivity contribution >= 4 is 0 Å². The van der Waals surface area contributed by atoms with Crippen LogP contribution in [-0.4, -0.2) is 73.3 Å². The second kappa shape index (κ2) is 42.8. The molecular formula is C14H36O6. The first-order valence-corrected chi connectivity index (χ1v) is 7.25. The van der Waals surface area contributed by atoms with Gasteiger partial charge in [-0.05, 0) is 26.7 Å². The first-order chi connectivity index (χ1) is 9.66. The summed E-state index contributed by atoms with van der Waals surface area (Å²) in [6.07, 6.45) is 2.28. The Labute approximate surface area is 124 Å². The Kier molecular flexibility index (Phi) is 59.9. The summed E-state index contributed by atoms with van der Waals surface area (Å²) in [5.41, 5.74) is 0. The van der Waals surface area contributed by atoms with Crippen LogP contribution in [0.2, 0.25) is 0 Å². The van der Waals surface area contributed by atoms with Crippen LogP contribution in [-0.2, 0) is 9.47 Å². The van der Waals surface area contributed by atoms with Crippen LogP contribution in [0.15, 0.2) is 0 Å². The van der Waals surface area contributed by atoms with Crippen molar-refractivity contribution in [2.45, 2.75) is 40.5 Å². The van der Waals surface area contributed by atoms with Gasteiger partial charge in [-0.25, -0.2) is 0 Å². The number of aliphatic hydroxyl groups is 4. The first-order valence-electron chi connectivity index (χ1n) is 7.25. The van der Waals surface area contributed by atoms with E-state index in [1.54, 1.807) is 0 Å². The second-order valence-corrected chi connectivity index (χ2v) is 3.29. The third kappa shape index (κ3) is 82.8. The van der Waals surface area contributed by atoms with Gasteiger partial charge >= 0.3 is 0 Å². The van der Waals surface area contributed by atoms with Gasteiger partial charge in [0.1, 0.15) is 0 Å². The highest BCUT2D eigenvalue weighted by atomic mass is 16.5. The summed E-state index contributed by atoms with van der Waals surface area (Å²) in [5, 5.41) is 30.5. The molecule has 0 aliphatic rings. The molecule has 6 heteroatoms. The normalized spacial score (nSPS) is 8.40. The van der Waals surface area contributed by atoms with E-state index >= 15 is 0 Å². The van der Waals surface area contributed by atoms with E-state index in [2.05, 4.69) is 13.8 Å². The first kappa shape index (κ1) is 28.0. The minimum atomic E-state index is -0.125. The van der Waals surface area contributed by atoms with Gasteiger partial charge in [-0.1, -0.05) is 13.8 Å². The molecule has 0 aromatic heterocycles. The Morgan fingerprint density at radius 1 is 0.550 bits per heavy atom. The molecular weight excluding hydrogens is 264 g/mol. The van der Waals surface area contributed by atoms with Crippen LogP contribution in [0.3, 0.4) is 0 Å². The Morgan fingerprint density at radius 3 is 0.950 bits per heavy atom. The molecule has 20 heavy (non-hydrogen) atoms. The van der Waals surface area contributed by atoms with Crippen molar-refractivity contribution in [3.8, 4) is 0 Å². The molecule has 0 atom stereocenters. The molecule has 0 radical (unpaired) electrons. The van der Waals surface area contributed by atoms with Crippen LogP contribution in [0.25, 0.3) is 0 Å². The highest BCUT2D eigenvalue weighted by Crippen LogP contribution is 1.81. The zero-order chi connectivity index (χ0) is 16.5. The fourth-order valence-corrected chi connectivity index (χ4v) is 0.595. The minimum absolute atomic E-state index is 0.125. The summed E-state index contributed by atoms with van der Waals surface area (Å²) in [5.74, 6) is 0. The molecule has 0 fully saturated rings. The largest absolute Gasteiger partial charge is 0.394 e. The van der Waals surface area contributed by atoms with Gasteiger partial charge in [0, 0.05) is 26.4 Å². The predicted molar refractivity (Wildman–Crippen MR) is 81.9 cm³/mol. The van der Waals surface area contributed by atoms with E-state index in [4.69, 9.17) is 29.9 Å². The lowest BCUT2D eigenvalue weighted by Crippen LogP contribution is -1.92. The maximum Gasteiger partial charge on any atom is 0.0662 e. The van der Waals surface area contributed by atoms with E-state index < -0.39 is 0 Å². The lowest BCUT2D eigenvalue weighted by Gasteiger charge is -1.95. The van der Waals surface area contributed by atoms with E-state index in [0.29, 0.717) is 0 Å². The van der Waals surface area contributed by atoms with E-state index in [9.17, 15) is 0 Å². The van der Waals surface area contributed by atoms with Crippen molar-refractivity contribution in [1.29, 1.82) is 0 Å². The maximum absolute atomic E-state index is 7.62. The third-order valence-corrected chi connectivity index (χ3v) is 1.31. The summed E-state index contributed by atoms with van der Waals surface area (Å²) >= 11 is 0. The Hall–Kier alpha value is -0.240. The number of hydrogen-bond donors (Lipinski definition) is 4. The average molecular weight is 300 g/mol. The summed E-state index contributed by atoms with van der Waals surface area (Å²) in [4.78, 5) is 0. The SMILES string of the molecule is CCCOCCC.CCOCC.OCCO.OCCO. The van der Waals surface area contributed by atoms with Gasteiger partial charge in [-0.3, -0.25) is 0 Å². The fraction of sp³-hybridized carbons (Fsp3) is 1.00. The third-order valence-electron chi connectivity index (χ3n) is 1.31. The van der Waals surface area contributed by atoms with Gasteiger partial charge in [0.2, 0.25) is 0 Å². The molecule has 0 saturated carbocycles. The summed E-state index contributed by atoms with van der Waals surface area (Å²) in [6.45, 7) is 11.3. The number of hydrogen-bond acceptors (Lipinski definition) is 6. The molecule has 0 aromatic rings. The van der Waals surface area contributed by atoms with Crippen molar-refractivity contribution in [1.82, 2.24) is 0 Å². The van der Waals surface area contributed by atoms with Gasteiger partial charge in [0.25, 0.3) is 0 Å². The molecule has 128 valence electrons. The number of ether oxygens (including phenoxy) is 2. The quantitative estimate of drug-likeness (QED) is 0.495. The monoisotopic (exact) mass is 300 g/mol. The standard InChI is InChI=1S/C6H14O.C4H10O.2C2H6O2/c1-3-5-7-6-4-2;1-3-5-4-2;2*3-1-2-4/h3-6H2,1-2H3;3-4H2,1-2H3;2*3-4H,1-2H2. The van der Waals surface area contributed by atoms with Crippen LogP contribution < -0.4 is 0 Å². The Balaban J connectivity index is -0.0000000883. The molecule has 0 rings (SSSR count). The highest BCUT2D eigenvalue weighted by molar-refractivity contribution is 4.25. The zero-order valence-corrected chi connectivity index (χ0v) is 13.7. The van der Waals surface area contributed by atoms with Gasteiger partial charge < -0.3 is 29.9 Å². The van der Waals surface area contributed by atoms with E-state index in [0.717, 1.165) is 39.3 Å². The molecule has 0 saturated heterocycles. The number of aliphatic hydroxyl groups excluding tert-OH is 4. The fourth-order valence-electron chi connectivity index (χ4n) is 0.595. The molecule has 0 aliphatic heterocycles. The molecule has 0 heterocycles. The van der Waals surface area contributed by atoms with Crippen molar-refractivity contribution in [2.24, 2.45) is 0 Å². The van der Waals surface area contributed by atoms with Crippen LogP contribution in [0.5, 0.6) is 0 Å². The molecule has 0 spiro atoms. The maximum atomic E-state index is 7.62. The number of rotatable bonds is 8. The molecule has 6 nitrogen and oxygen atoms in total. The van der Waals surface area contributed by atoms with Gasteiger partial charge in [-0.2, -0.15) is 0 Å². The zero-order valence-electron chi connectivity index (χ0n) is 13.7. The average Bonchev–Trinajstić information content (AvgIpc) is 2.50. The molecule has 4 N–H and O–H groups in total. The van der Waals surface area contributed by atoms with E-state index in [1.807, 2.05) is 13.8 Å². The minimum Gasteiger partial charge on any atom is -0.394 e. The van der Waals surface area contributed by atoms with Crippen molar-refractivity contribution < 1.29 is 29.9 Å². The summed E-state index contributed by atoms with van der Waals surface area (Å²) in [6, 6.07) is 0. The molecule has 0 bridgehead atoms. The Bertz CT molecular complexity index is 89.7. The van der Waals surface area contributed by atoms with Crippen molar-refractivity contribution in [3.05, 3.63) is 0 Å². The van der Waals surface area contributed by atoms with Crippen LogP contribution in [0.1, 0.15) is 40.5 Å². The highest BCUT2D eigenvalue weighted by Gasteiger charge is 1.77. The molecule has 0 unspecified atom stereocenters. The second-order valence-electron chi connectivity index (χ2n) is 3.29. The predicted octanol–water partition coefficient (Wildman–Crippen LogP) is 0.808. The molecule has 0 aliphatic carbocycles. The van der Waals surface area contributed by atoms with Crippen LogP contribution >= 0.6 is 0 Å². The lowest BCUT2D eigenvalue weighted by atomic mass is 10.5. The Morgan fingerprint density at radius 2 is 0.850 bits per heavy atom. The van der Waals surface area contributed by atoms with Gasteiger partial charge in [0.05, 0.1) is 26.4 Å². The molecule has 0 amide bonds. The smallest absolute Gasteiger partial charge is 0.0662 e. The molecule has 0 aromatic carbocycles. The van der Waals surface area contributed by atoms with Gasteiger partial charge in [-0.15, -0.1) is 0 Å². The van der Waals surface area contributed by atoms with E-state index in [1.165, 1.54) is 0 Å². The van der Waals surface area contributed by atoms with E-state index in [-0.39, 0.29) is 26.4 Å². The van der Waals surface area contributed by atoms with Crippen molar-refractivity contribution in [3.63, 3.8) is 0 Å². The topological polar surface area (TPSA) is 99.4 Å². The van der Waals surface area contributed by atoms with Crippen LogP contribution in [0, 0.1) is 0 Å². The van der Waals surface area contributed by atoms with Crippen molar-refractivity contribution in [2.75, 3.05) is 52.9 Å². The lowest BCUT2D eigenvalue weighted by molar-refractivity contribution is 0.135. The summed E-state index contributed by atoms with van der Waals surface area (Å²) in [7, 11) is 0. The van der Waals surface area contributed by atoms with Gasteiger partial charge in [0.15, 0.2) is 0 Å². The summed E-state index contributed by atoms with van der Waals surface area (Å²) < 4.78 is 9.97. The van der Waals surface area contributed by atoms with Crippen LogP contribution in [0.4, 0.5) is 0 Å².